The van der Waals surface area contributed by atoms with Crippen molar-refractivity contribution < 1.29 is 22.7 Å². The third-order valence-corrected chi connectivity index (χ3v) is 6.70. The molecule has 0 radical (unpaired) electrons. The lowest BCUT2D eigenvalue weighted by Gasteiger charge is -2.16. The van der Waals surface area contributed by atoms with Crippen molar-refractivity contribution >= 4 is 26.9 Å². The third-order valence-electron chi connectivity index (χ3n) is 5.10. The van der Waals surface area contributed by atoms with Crippen LogP contribution < -0.4 is 9.46 Å². The second kappa shape index (κ2) is 9.04. The average Bonchev–Trinajstić information content (AvgIpc) is 3.44. The number of hydrogen-bond donors (Lipinski definition) is 2. The number of rotatable bonds is 8. The molecule has 4 rings (SSSR count). The van der Waals surface area contributed by atoms with Gasteiger partial charge in [-0.2, -0.15) is 0 Å². The summed E-state index contributed by atoms with van der Waals surface area (Å²) in [4.78, 5) is 15.0. The number of esters is 1. The van der Waals surface area contributed by atoms with Gasteiger partial charge in [0.05, 0.1) is 23.6 Å². The van der Waals surface area contributed by atoms with Crippen LogP contribution in [0.15, 0.2) is 59.6 Å². The lowest BCUT2D eigenvalue weighted by atomic mass is 10.2. The second-order valence-electron chi connectivity index (χ2n) is 7.24. The van der Waals surface area contributed by atoms with E-state index in [9.17, 15) is 13.2 Å². The summed E-state index contributed by atoms with van der Waals surface area (Å²) in [5.41, 5.74) is 0.862. The van der Waals surface area contributed by atoms with Crippen LogP contribution in [0.3, 0.4) is 0 Å². The summed E-state index contributed by atoms with van der Waals surface area (Å²) in [5.74, 6) is 0.196. The van der Waals surface area contributed by atoms with Gasteiger partial charge in [0.1, 0.15) is 5.75 Å². The topological polar surface area (TPSA) is 128 Å². The van der Waals surface area contributed by atoms with E-state index in [1.165, 1.54) is 25.3 Å². The van der Waals surface area contributed by atoms with E-state index in [1.807, 2.05) is 37.4 Å². The fraction of sp³-hybridized carbons (Fsp3) is 0.227. The van der Waals surface area contributed by atoms with E-state index in [-0.39, 0.29) is 16.5 Å². The van der Waals surface area contributed by atoms with Gasteiger partial charge in [0.2, 0.25) is 10.0 Å². The maximum atomic E-state index is 13.0. The summed E-state index contributed by atoms with van der Waals surface area (Å²) >= 11 is 0. The maximum Gasteiger partial charge on any atom is 0.339 e. The highest BCUT2D eigenvalue weighted by Gasteiger charge is 2.27. The van der Waals surface area contributed by atoms with Crippen LogP contribution in [0, 0.1) is 0 Å². The molecule has 0 amide bonds. The molecule has 172 valence electrons. The number of carbonyl (C=O) groups is 1. The lowest BCUT2D eigenvalue weighted by molar-refractivity contribution is 0.0596. The summed E-state index contributed by atoms with van der Waals surface area (Å²) in [5, 5.41) is 9.30. The summed E-state index contributed by atoms with van der Waals surface area (Å²) in [7, 11) is -2.87. The number of hydrogen-bond acceptors (Lipinski definition) is 7. The molecular weight excluding hydrogens is 446 g/mol. The minimum absolute atomic E-state index is 0.0552. The van der Waals surface area contributed by atoms with Gasteiger partial charge in [0, 0.05) is 24.3 Å². The molecule has 0 saturated heterocycles. The number of ether oxygens (including phenoxy) is 2. The molecule has 0 aliphatic carbocycles. The van der Waals surface area contributed by atoms with E-state index in [0.717, 1.165) is 10.9 Å². The van der Waals surface area contributed by atoms with Crippen LogP contribution in [-0.2, 0) is 21.3 Å². The van der Waals surface area contributed by atoms with Crippen molar-refractivity contribution in [2.24, 2.45) is 0 Å². The van der Waals surface area contributed by atoms with Crippen molar-refractivity contribution in [3.05, 3.63) is 66.1 Å². The Bertz CT molecular complexity index is 1410. The van der Waals surface area contributed by atoms with Crippen LogP contribution in [0.2, 0.25) is 0 Å². The Morgan fingerprint density at radius 3 is 2.73 bits per heavy atom. The summed E-state index contributed by atoms with van der Waals surface area (Å²) < 4.78 is 40.9. The first kappa shape index (κ1) is 22.5. The van der Waals surface area contributed by atoms with E-state index < -0.39 is 22.0 Å². The average molecular weight is 470 g/mol. The number of nitrogens with zero attached hydrogens (tertiary/aromatic N) is 3. The van der Waals surface area contributed by atoms with Crippen molar-refractivity contribution in [1.82, 2.24) is 24.5 Å². The fourth-order valence-electron chi connectivity index (χ4n) is 3.52. The molecular formula is C22H23N5O5S. The monoisotopic (exact) mass is 469 g/mol. The first-order valence-electron chi connectivity index (χ1n) is 10.2. The van der Waals surface area contributed by atoms with Crippen LogP contribution >= 0.6 is 0 Å². The van der Waals surface area contributed by atoms with Crippen LogP contribution in [0.5, 0.6) is 11.8 Å². The number of benzene rings is 2. The zero-order valence-electron chi connectivity index (χ0n) is 18.3. The standard InChI is InChI=1S/C22H23N5O5S/c1-4-27-20(24-25-22(27)32-16-10-9-15-11-12-23-18(15)13-16)14(2)26-33(29,30)19-8-6-5-7-17(19)21(28)31-3/h5-14,23,26H,4H2,1-3H3/t14-/m1/s1. The number of H-pyrrole nitrogens is 1. The molecule has 0 aliphatic rings. The molecule has 33 heavy (non-hydrogen) atoms. The Kier molecular flexibility index (Phi) is 6.16. The predicted molar refractivity (Wildman–Crippen MR) is 121 cm³/mol. The van der Waals surface area contributed by atoms with Crippen LogP contribution in [0.25, 0.3) is 10.9 Å². The lowest BCUT2D eigenvalue weighted by Crippen LogP contribution is -2.30. The Morgan fingerprint density at radius 1 is 1.18 bits per heavy atom. The molecule has 0 spiro atoms. The molecule has 0 saturated carbocycles. The Balaban J connectivity index is 1.59. The molecule has 0 aliphatic heterocycles. The van der Waals surface area contributed by atoms with Gasteiger partial charge in [-0.3, -0.25) is 4.57 Å². The molecule has 4 aromatic rings. The molecule has 0 unspecified atom stereocenters. The highest BCUT2D eigenvalue weighted by atomic mass is 32.2. The number of carbonyl (C=O) groups excluding carboxylic acids is 1. The quantitative estimate of drug-likeness (QED) is 0.379. The number of aromatic nitrogens is 4. The molecule has 11 heteroatoms. The fourth-order valence-corrected chi connectivity index (χ4v) is 4.91. The maximum absolute atomic E-state index is 13.0. The van der Waals surface area contributed by atoms with Crippen molar-refractivity contribution in [2.75, 3.05) is 7.11 Å². The number of nitrogens with one attached hydrogen (secondary N) is 2. The van der Waals surface area contributed by atoms with Gasteiger partial charge in [-0.15, -0.1) is 5.10 Å². The molecule has 0 bridgehead atoms. The number of sulfonamides is 1. The van der Waals surface area contributed by atoms with Gasteiger partial charge in [0.15, 0.2) is 5.82 Å². The van der Waals surface area contributed by atoms with E-state index in [0.29, 0.717) is 18.1 Å². The smallest absolute Gasteiger partial charge is 0.339 e. The van der Waals surface area contributed by atoms with Gasteiger partial charge in [-0.1, -0.05) is 17.2 Å². The molecule has 2 aromatic heterocycles. The normalized spacial score (nSPS) is 12.6. The van der Waals surface area contributed by atoms with Gasteiger partial charge in [0.25, 0.3) is 0 Å². The Labute approximate surface area is 190 Å². The first-order chi connectivity index (χ1) is 15.8. The van der Waals surface area contributed by atoms with Crippen molar-refractivity contribution in [2.45, 2.75) is 31.3 Å². The van der Waals surface area contributed by atoms with E-state index >= 15 is 0 Å². The largest absolute Gasteiger partial charge is 0.465 e. The predicted octanol–water partition coefficient (Wildman–Crippen LogP) is 3.40. The van der Waals surface area contributed by atoms with Crippen molar-refractivity contribution in [3.8, 4) is 11.8 Å². The minimum Gasteiger partial charge on any atom is -0.465 e. The van der Waals surface area contributed by atoms with E-state index in [4.69, 9.17) is 9.47 Å². The zero-order chi connectivity index (χ0) is 23.6. The van der Waals surface area contributed by atoms with Gasteiger partial charge in [-0.05, 0) is 49.6 Å². The molecule has 1 atom stereocenters. The summed E-state index contributed by atoms with van der Waals surface area (Å²) in [6.45, 7) is 3.97. The van der Waals surface area contributed by atoms with Crippen molar-refractivity contribution in [1.29, 1.82) is 0 Å². The number of aromatic amines is 1. The zero-order valence-corrected chi connectivity index (χ0v) is 19.1. The Morgan fingerprint density at radius 2 is 1.97 bits per heavy atom. The van der Waals surface area contributed by atoms with Crippen molar-refractivity contribution in [3.63, 3.8) is 0 Å². The van der Waals surface area contributed by atoms with Crippen LogP contribution in [0.4, 0.5) is 0 Å². The van der Waals surface area contributed by atoms with Gasteiger partial charge in [-0.25, -0.2) is 17.9 Å². The Hall–Kier alpha value is -3.70. The highest BCUT2D eigenvalue weighted by molar-refractivity contribution is 7.89. The molecule has 10 nitrogen and oxygen atoms in total. The van der Waals surface area contributed by atoms with Gasteiger partial charge >= 0.3 is 12.0 Å². The highest BCUT2D eigenvalue weighted by Crippen LogP contribution is 2.27. The number of methoxy groups -OCH3 is 1. The SMILES string of the molecule is CCn1c(Oc2ccc3cc[nH]c3c2)nnc1[C@@H](C)NS(=O)(=O)c1ccccc1C(=O)OC. The molecule has 0 fully saturated rings. The molecule has 2 N–H and O–H groups in total. The van der Waals surface area contributed by atoms with E-state index in [2.05, 4.69) is 19.9 Å². The van der Waals surface area contributed by atoms with Crippen LogP contribution in [0.1, 0.15) is 36.1 Å². The first-order valence-corrected chi connectivity index (χ1v) is 11.7. The van der Waals surface area contributed by atoms with Crippen LogP contribution in [-0.4, -0.2) is 41.2 Å². The summed E-state index contributed by atoms with van der Waals surface area (Å²) in [6.07, 6.45) is 1.84. The number of fused-ring (bicyclic) bond motifs is 1. The van der Waals surface area contributed by atoms with E-state index in [1.54, 1.807) is 17.6 Å². The minimum atomic E-state index is -4.06. The molecule has 2 aromatic carbocycles. The second-order valence-corrected chi connectivity index (χ2v) is 8.93. The third kappa shape index (κ3) is 4.45. The summed E-state index contributed by atoms with van der Waals surface area (Å²) in [6, 6.07) is 12.9. The van der Waals surface area contributed by atoms with Gasteiger partial charge < -0.3 is 14.5 Å². The molecule has 2 heterocycles.